The SMILES string of the molecule is COc1cc(CCCCOCCCCCCNCC(O)c2ccc(O)c(NS(C)(=O)=O)c2)ccc1O. The number of aromatic hydroxyl groups is 2. The molecule has 202 valence electrons. The van der Waals surface area contributed by atoms with Crippen LogP contribution in [0.5, 0.6) is 17.2 Å². The molecule has 0 spiro atoms. The van der Waals surface area contributed by atoms with E-state index in [-0.39, 0.29) is 17.2 Å². The van der Waals surface area contributed by atoms with E-state index >= 15 is 0 Å². The predicted octanol–water partition coefficient (Wildman–Crippen LogP) is 3.70. The van der Waals surface area contributed by atoms with E-state index in [1.165, 1.54) is 12.1 Å². The summed E-state index contributed by atoms with van der Waals surface area (Å²) in [5.41, 5.74) is 1.71. The summed E-state index contributed by atoms with van der Waals surface area (Å²) >= 11 is 0. The molecule has 2 rings (SSSR count). The Balaban J connectivity index is 1.47. The van der Waals surface area contributed by atoms with Crippen LogP contribution in [0.4, 0.5) is 5.69 Å². The zero-order valence-electron chi connectivity index (χ0n) is 21.2. The molecule has 10 heteroatoms. The van der Waals surface area contributed by atoms with Gasteiger partial charge in [-0.3, -0.25) is 4.72 Å². The van der Waals surface area contributed by atoms with E-state index in [0.29, 0.717) is 17.9 Å². The molecular formula is C26H40N2O7S. The Hall–Kier alpha value is -2.53. The molecule has 0 aliphatic heterocycles. The number of nitrogens with one attached hydrogen (secondary N) is 2. The Morgan fingerprint density at radius 2 is 1.61 bits per heavy atom. The molecule has 1 atom stereocenters. The molecule has 0 amide bonds. The average molecular weight is 525 g/mol. The lowest BCUT2D eigenvalue weighted by molar-refractivity contribution is 0.126. The molecule has 0 radical (unpaired) electrons. The quantitative estimate of drug-likeness (QED) is 0.147. The number of anilines is 1. The highest BCUT2D eigenvalue weighted by molar-refractivity contribution is 7.92. The smallest absolute Gasteiger partial charge is 0.229 e. The molecular weight excluding hydrogens is 484 g/mol. The van der Waals surface area contributed by atoms with E-state index in [0.717, 1.165) is 76.5 Å². The van der Waals surface area contributed by atoms with Crippen LogP contribution in [0.3, 0.4) is 0 Å². The Kier molecular flexibility index (Phi) is 12.8. The highest BCUT2D eigenvalue weighted by atomic mass is 32.2. The molecule has 36 heavy (non-hydrogen) atoms. The largest absolute Gasteiger partial charge is 0.506 e. The second-order valence-electron chi connectivity index (χ2n) is 8.86. The summed E-state index contributed by atoms with van der Waals surface area (Å²) in [5, 5.41) is 33.0. The van der Waals surface area contributed by atoms with Crippen molar-refractivity contribution < 1.29 is 33.2 Å². The molecule has 0 aliphatic carbocycles. The molecule has 1 unspecified atom stereocenters. The van der Waals surface area contributed by atoms with Crippen molar-refractivity contribution in [2.24, 2.45) is 0 Å². The first-order valence-corrected chi connectivity index (χ1v) is 14.2. The van der Waals surface area contributed by atoms with Crippen molar-refractivity contribution in [3.8, 4) is 17.2 Å². The third kappa shape index (κ3) is 11.5. The predicted molar refractivity (Wildman–Crippen MR) is 141 cm³/mol. The van der Waals surface area contributed by atoms with Gasteiger partial charge in [0.05, 0.1) is 25.2 Å². The lowest BCUT2D eigenvalue weighted by Gasteiger charge is -2.14. The minimum absolute atomic E-state index is 0.0503. The van der Waals surface area contributed by atoms with Gasteiger partial charge < -0.3 is 30.1 Å². The van der Waals surface area contributed by atoms with Crippen molar-refractivity contribution in [3.63, 3.8) is 0 Å². The number of aliphatic hydroxyl groups is 1. The van der Waals surface area contributed by atoms with E-state index in [2.05, 4.69) is 10.0 Å². The standard InChI is InChI=1S/C26H40N2O7S/c1-34-26-17-20(10-12-24(26)30)9-5-8-16-35-15-7-4-3-6-14-27-19-25(31)21-11-13-23(29)22(18-21)28-36(2,32)33/h10-13,17-18,25,27-31H,3-9,14-16,19H2,1-2H3. The Morgan fingerprint density at radius 1 is 0.917 bits per heavy atom. The maximum atomic E-state index is 11.4. The van der Waals surface area contributed by atoms with Gasteiger partial charge in [0.15, 0.2) is 11.5 Å². The molecule has 0 bridgehead atoms. The molecule has 5 N–H and O–H groups in total. The third-order valence-corrected chi connectivity index (χ3v) is 6.27. The Bertz CT molecular complexity index is 1030. The van der Waals surface area contributed by atoms with Crippen molar-refractivity contribution in [3.05, 3.63) is 47.5 Å². The zero-order valence-corrected chi connectivity index (χ0v) is 22.0. The summed E-state index contributed by atoms with van der Waals surface area (Å²) in [5.74, 6) is 0.473. The van der Waals surface area contributed by atoms with Crippen LogP contribution in [0.2, 0.25) is 0 Å². The fraction of sp³-hybridized carbons (Fsp3) is 0.538. The molecule has 2 aromatic carbocycles. The van der Waals surface area contributed by atoms with Gasteiger partial charge in [0.25, 0.3) is 0 Å². The summed E-state index contributed by atoms with van der Waals surface area (Å²) in [4.78, 5) is 0. The number of rotatable bonds is 18. The number of hydrogen-bond donors (Lipinski definition) is 5. The summed E-state index contributed by atoms with van der Waals surface area (Å²) in [6, 6.07) is 9.81. The zero-order chi connectivity index (χ0) is 26.4. The summed E-state index contributed by atoms with van der Waals surface area (Å²) in [7, 11) is -1.98. The fourth-order valence-electron chi connectivity index (χ4n) is 3.72. The third-order valence-electron chi connectivity index (χ3n) is 5.68. The van der Waals surface area contributed by atoms with Crippen LogP contribution >= 0.6 is 0 Å². The number of hydrogen-bond acceptors (Lipinski definition) is 8. The minimum Gasteiger partial charge on any atom is -0.506 e. The number of methoxy groups -OCH3 is 1. The maximum Gasteiger partial charge on any atom is 0.229 e. The van der Waals surface area contributed by atoms with Gasteiger partial charge >= 0.3 is 0 Å². The lowest BCUT2D eigenvalue weighted by atomic mass is 10.1. The number of aryl methyl sites for hydroxylation is 1. The minimum atomic E-state index is -3.52. The molecule has 9 nitrogen and oxygen atoms in total. The molecule has 0 aromatic heterocycles. The molecule has 0 saturated heterocycles. The number of aliphatic hydroxyl groups excluding tert-OH is 1. The fourth-order valence-corrected chi connectivity index (χ4v) is 4.28. The Labute approximate surface area is 214 Å². The molecule has 0 fully saturated rings. The summed E-state index contributed by atoms with van der Waals surface area (Å²) < 4.78 is 35.9. The van der Waals surface area contributed by atoms with E-state index in [1.807, 2.05) is 12.1 Å². The number of benzene rings is 2. The Morgan fingerprint density at radius 3 is 2.33 bits per heavy atom. The van der Waals surface area contributed by atoms with Crippen LogP contribution in [0, 0.1) is 0 Å². The van der Waals surface area contributed by atoms with Crippen LogP contribution in [-0.4, -0.2) is 63.4 Å². The van der Waals surface area contributed by atoms with Gasteiger partial charge in [-0.2, -0.15) is 0 Å². The van der Waals surface area contributed by atoms with Gasteiger partial charge in [-0.25, -0.2) is 8.42 Å². The normalized spacial score (nSPS) is 12.4. The van der Waals surface area contributed by atoms with Gasteiger partial charge in [-0.15, -0.1) is 0 Å². The molecule has 2 aromatic rings. The first kappa shape index (κ1) is 29.7. The van der Waals surface area contributed by atoms with E-state index in [1.54, 1.807) is 19.2 Å². The number of phenolic OH excluding ortho intramolecular Hbond substituents is 2. The first-order valence-electron chi connectivity index (χ1n) is 12.3. The van der Waals surface area contributed by atoms with Crippen molar-refractivity contribution in [1.29, 1.82) is 0 Å². The van der Waals surface area contributed by atoms with Gasteiger partial charge in [0.1, 0.15) is 5.75 Å². The monoisotopic (exact) mass is 524 g/mol. The van der Waals surface area contributed by atoms with Crippen LogP contribution < -0.4 is 14.8 Å². The topological polar surface area (TPSA) is 137 Å². The van der Waals surface area contributed by atoms with E-state index < -0.39 is 16.1 Å². The molecule has 0 heterocycles. The number of unbranched alkanes of at least 4 members (excludes halogenated alkanes) is 4. The van der Waals surface area contributed by atoms with Crippen molar-refractivity contribution >= 4 is 15.7 Å². The van der Waals surface area contributed by atoms with Crippen LogP contribution in [0.15, 0.2) is 36.4 Å². The number of ether oxygens (including phenoxy) is 2. The van der Waals surface area contributed by atoms with Crippen molar-refractivity contribution in [1.82, 2.24) is 5.32 Å². The number of sulfonamides is 1. The van der Waals surface area contributed by atoms with E-state index in [9.17, 15) is 23.7 Å². The van der Waals surface area contributed by atoms with Gasteiger partial charge in [0.2, 0.25) is 10.0 Å². The van der Waals surface area contributed by atoms with Crippen molar-refractivity contribution in [2.75, 3.05) is 44.4 Å². The molecule has 0 aliphatic rings. The second kappa shape index (κ2) is 15.6. The summed E-state index contributed by atoms with van der Waals surface area (Å²) in [6.45, 7) is 2.60. The maximum absolute atomic E-state index is 11.4. The van der Waals surface area contributed by atoms with Gasteiger partial charge in [0, 0.05) is 19.8 Å². The van der Waals surface area contributed by atoms with Crippen LogP contribution in [-0.2, 0) is 21.2 Å². The highest BCUT2D eigenvalue weighted by Gasteiger charge is 2.12. The molecule has 0 saturated carbocycles. The van der Waals surface area contributed by atoms with Crippen LogP contribution in [0.25, 0.3) is 0 Å². The highest BCUT2D eigenvalue weighted by Crippen LogP contribution is 2.28. The second-order valence-corrected chi connectivity index (χ2v) is 10.6. The van der Waals surface area contributed by atoms with E-state index in [4.69, 9.17) is 9.47 Å². The van der Waals surface area contributed by atoms with Gasteiger partial charge in [-0.05, 0) is 74.0 Å². The van der Waals surface area contributed by atoms with Crippen molar-refractivity contribution in [2.45, 2.75) is 51.0 Å². The summed E-state index contributed by atoms with van der Waals surface area (Å²) in [6.07, 6.45) is 7.27. The lowest BCUT2D eigenvalue weighted by Crippen LogP contribution is -2.22. The number of phenols is 2. The van der Waals surface area contributed by atoms with Crippen LogP contribution in [0.1, 0.15) is 55.8 Å². The average Bonchev–Trinajstić information content (AvgIpc) is 2.83. The van der Waals surface area contributed by atoms with Gasteiger partial charge in [-0.1, -0.05) is 25.0 Å². The first-order chi connectivity index (χ1) is 17.2.